The third kappa shape index (κ3) is 3.61. The normalized spacial score (nSPS) is 15.1. The third-order valence-corrected chi connectivity index (χ3v) is 7.44. The van der Waals surface area contributed by atoms with Crippen LogP contribution in [0.3, 0.4) is 0 Å². The molecular weight excluding hydrogens is 299 g/mol. The molecule has 0 heterocycles. The summed E-state index contributed by atoms with van der Waals surface area (Å²) in [5, 5.41) is 20.7. The topological polar surface area (TPSA) is 47.6 Å². The molecule has 114 valence electrons. The Labute approximate surface area is 139 Å². The van der Waals surface area contributed by atoms with Crippen LogP contribution in [0.15, 0.2) is 48.5 Å². The summed E-state index contributed by atoms with van der Waals surface area (Å²) in [5.41, 5.74) is 2.14. The van der Waals surface area contributed by atoms with Crippen molar-refractivity contribution in [3.8, 4) is 12.1 Å². The van der Waals surface area contributed by atoms with Crippen molar-refractivity contribution in [2.75, 3.05) is 0 Å². The fourth-order valence-electron chi connectivity index (χ4n) is 3.30. The second kappa shape index (κ2) is 7.41. The first kappa shape index (κ1) is 15.7. The number of hydrogen-bond donors (Lipinski definition) is 0. The van der Waals surface area contributed by atoms with Gasteiger partial charge in [0, 0.05) is 0 Å². The van der Waals surface area contributed by atoms with E-state index < -0.39 is 7.92 Å². The number of hydrogen-bond acceptors (Lipinski definition) is 2. The van der Waals surface area contributed by atoms with Gasteiger partial charge in [0.05, 0.1) is 23.3 Å². The van der Waals surface area contributed by atoms with Gasteiger partial charge in [-0.2, -0.15) is 10.5 Å². The van der Waals surface area contributed by atoms with Crippen molar-refractivity contribution < 1.29 is 0 Å². The van der Waals surface area contributed by atoms with Gasteiger partial charge in [0.1, 0.15) is 0 Å². The fraction of sp³-hybridized carbons (Fsp3) is 0.300. The van der Waals surface area contributed by atoms with Crippen LogP contribution in [-0.2, 0) is 0 Å². The summed E-state index contributed by atoms with van der Waals surface area (Å²) in [6.45, 7) is 0. The summed E-state index contributed by atoms with van der Waals surface area (Å²) >= 11 is 0. The van der Waals surface area contributed by atoms with Gasteiger partial charge in [-0.25, -0.2) is 0 Å². The van der Waals surface area contributed by atoms with Crippen molar-refractivity contribution in [3.05, 3.63) is 59.7 Å². The van der Waals surface area contributed by atoms with Crippen LogP contribution >= 0.6 is 7.92 Å². The van der Waals surface area contributed by atoms with E-state index in [1.807, 2.05) is 24.3 Å². The van der Waals surface area contributed by atoms with Crippen LogP contribution in [0.25, 0.3) is 0 Å². The summed E-state index contributed by atoms with van der Waals surface area (Å²) in [5.74, 6) is 0. The van der Waals surface area contributed by atoms with Crippen LogP contribution in [0.2, 0.25) is 0 Å². The molecule has 2 nitrogen and oxygen atoms in total. The lowest BCUT2D eigenvalue weighted by Gasteiger charge is -2.31. The average molecular weight is 318 g/mol. The van der Waals surface area contributed by atoms with E-state index in [0.717, 1.165) is 0 Å². The van der Waals surface area contributed by atoms with Gasteiger partial charge in [-0.05, 0) is 61.3 Å². The van der Waals surface area contributed by atoms with Gasteiger partial charge in [-0.1, -0.05) is 43.5 Å². The minimum absolute atomic E-state index is 0.423. The molecular formula is C20H19N2P. The monoisotopic (exact) mass is 318 g/mol. The Morgan fingerprint density at radius 1 is 0.696 bits per heavy atom. The first-order valence-corrected chi connectivity index (χ1v) is 9.52. The molecule has 0 radical (unpaired) electrons. The number of rotatable bonds is 3. The smallest absolute Gasteiger partial charge is 0.0991 e. The van der Waals surface area contributed by atoms with Crippen LogP contribution in [0, 0.1) is 22.7 Å². The van der Waals surface area contributed by atoms with Gasteiger partial charge in [-0.3, -0.25) is 0 Å². The molecule has 23 heavy (non-hydrogen) atoms. The first-order chi connectivity index (χ1) is 11.3. The second-order valence-corrected chi connectivity index (χ2v) is 8.48. The molecule has 1 aliphatic rings. The highest BCUT2D eigenvalue weighted by Gasteiger charge is 2.26. The molecule has 0 bridgehead atoms. The average Bonchev–Trinajstić information content (AvgIpc) is 2.64. The minimum atomic E-state index is -0.423. The zero-order chi connectivity index (χ0) is 16.1. The maximum atomic E-state index is 9.02. The molecule has 2 aromatic rings. The van der Waals surface area contributed by atoms with Gasteiger partial charge >= 0.3 is 0 Å². The molecule has 0 atom stereocenters. The summed E-state index contributed by atoms with van der Waals surface area (Å²) < 4.78 is 0. The van der Waals surface area contributed by atoms with Crippen LogP contribution in [0.1, 0.15) is 43.2 Å². The summed E-state index contributed by atoms with van der Waals surface area (Å²) in [7, 11) is -0.423. The van der Waals surface area contributed by atoms with Crippen LogP contribution in [0.5, 0.6) is 0 Å². The molecule has 0 saturated heterocycles. The molecule has 0 amide bonds. The number of nitrogens with zero attached hydrogens (tertiary/aromatic N) is 2. The quantitative estimate of drug-likeness (QED) is 0.796. The Morgan fingerprint density at radius 2 is 1.13 bits per heavy atom. The van der Waals surface area contributed by atoms with Gasteiger partial charge in [0.25, 0.3) is 0 Å². The third-order valence-electron chi connectivity index (χ3n) is 4.49. The van der Waals surface area contributed by atoms with Gasteiger partial charge in [-0.15, -0.1) is 0 Å². The van der Waals surface area contributed by atoms with Crippen molar-refractivity contribution in [1.29, 1.82) is 10.5 Å². The Morgan fingerprint density at radius 3 is 1.52 bits per heavy atom. The highest BCUT2D eigenvalue weighted by molar-refractivity contribution is 7.73. The molecule has 3 heteroatoms. The van der Waals surface area contributed by atoms with E-state index in [1.165, 1.54) is 42.7 Å². The highest BCUT2D eigenvalue weighted by atomic mass is 31.1. The molecule has 0 spiro atoms. The molecule has 3 rings (SSSR count). The van der Waals surface area contributed by atoms with Crippen LogP contribution < -0.4 is 10.6 Å². The lowest BCUT2D eigenvalue weighted by molar-refractivity contribution is 0.513. The number of benzene rings is 2. The number of nitriles is 2. The maximum absolute atomic E-state index is 9.02. The predicted molar refractivity (Wildman–Crippen MR) is 95.4 cm³/mol. The molecule has 2 aromatic carbocycles. The van der Waals surface area contributed by atoms with Crippen LogP contribution in [-0.4, -0.2) is 5.66 Å². The molecule has 0 aliphatic heterocycles. The first-order valence-electron chi connectivity index (χ1n) is 8.11. The Kier molecular flexibility index (Phi) is 5.07. The molecule has 0 N–H and O–H groups in total. The molecule has 1 aliphatic carbocycles. The van der Waals surface area contributed by atoms with Crippen LogP contribution in [0.4, 0.5) is 0 Å². The maximum Gasteiger partial charge on any atom is 0.0991 e. The SMILES string of the molecule is N#Cc1ccc(P(c2ccc(C#N)cc2)C2CCCCC2)cc1. The highest BCUT2D eigenvalue weighted by Crippen LogP contribution is 2.46. The Bertz CT molecular complexity index is 672. The van der Waals surface area contributed by atoms with Crippen molar-refractivity contribution in [1.82, 2.24) is 0 Å². The predicted octanol–water partition coefficient (Wildman–Crippen LogP) is 4.20. The lowest BCUT2D eigenvalue weighted by atomic mass is 10.0. The van der Waals surface area contributed by atoms with E-state index in [-0.39, 0.29) is 0 Å². The minimum Gasteiger partial charge on any atom is -0.192 e. The molecule has 1 fully saturated rings. The van der Waals surface area contributed by atoms with Gasteiger partial charge < -0.3 is 0 Å². The molecule has 0 unspecified atom stereocenters. The Balaban J connectivity index is 1.97. The summed E-state index contributed by atoms with van der Waals surface area (Å²) in [6, 6.07) is 20.6. The van der Waals surface area contributed by atoms with E-state index in [0.29, 0.717) is 16.8 Å². The summed E-state index contributed by atoms with van der Waals surface area (Å²) in [4.78, 5) is 0. The van der Waals surface area contributed by atoms with E-state index in [4.69, 9.17) is 10.5 Å². The van der Waals surface area contributed by atoms with Gasteiger partial charge in [0.2, 0.25) is 0 Å². The van der Waals surface area contributed by atoms with Crippen molar-refractivity contribution in [3.63, 3.8) is 0 Å². The Hall–Kier alpha value is -2.15. The zero-order valence-corrected chi connectivity index (χ0v) is 14.0. The van der Waals surface area contributed by atoms with Crippen molar-refractivity contribution in [2.45, 2.75) is 37.8 Å². The molecule has 0 aromatic heterocycles. The van der Waals surface area contributed by atoms with E-state index in [9.17, 15) is 0 Å². The summed E-state index contributed by atoms with van der Waals surface area (Å²) in [6.07, 6.45) is 6.55. The zero-order valence-electron chi connectivity index (χ0n) is 13.1. The largest absolute Gasteiger partial charge is 0.192 e. The van der Waals surface area contributed by atoms with Crippen molar-refractivity contribution >= 4 is 18.5 Å². The van der Waals surface area contributed by atoms with E-state index in [2.05, 4.69) is 36.4 Å². The van der Waals surface area contributed by atoms with Crippen molar-refractivity contribution in [2.24, 2.45) is 0 Å². The fourth-order valence-corrected chi connectivity index (χ4v) is 6.27. The standard InChI is InChI=1S/C20H19N2P/c21-14-16-6-10-19(11-7-16)23(18-4-2-1-3-5-18)20-12-8-17(15-22)9-13-20/h6-13,18H,1-5H2. The van der Waals surface area contributed by atoms with E-state index in [1.54, 1.807) is 0 Å². The lowest BCUT2D eigenvalue weighted by Crippen LogP contribution is -2.23. The second-order valence-electron chi connectivity index (χ2n) is 5.98. The van der Waals surface area contributed by atoms with E-state index >= 15 is 0 Å². The molecule has 1 saturated carbocycles. The van der Waals surface area contributed by atoms with Gasteiger partial charge in [0.15, 0.2) is 0 Å².